The van der Waals surface area contributed by atoms with Gasteiger partial charge in [0.15, 0.2) is 0 Å². The summed E-state index contributed by atoms with van der Waals surface area (Å²) < 4.78 is 1.07. The highest BCUT2D eigenvalue weighted by molar-refractivity contribution is 7.10. The van der Waals surface area contributed by atoms with Crippen LogP contribution in [0, 0.1) is 10.1 Å². The maximum atomic E-state index is 12.6. The van der Waals surface area contributed by atoms with E-state index in [-0.39, 0.29) is 23.4 Å². The second kappa shape index (κ2) is 8.30. The molecule has 1 atom stereocenters. The number of hydrogen-bond donors (Lipinski definition) is 2. The molecule has 10 heteroatoms. The first-order chi connectivity index (χ1) is 13.0. The third-order valence-electron chi connectivity index (χ3n) is 3.86. The van der Waals surface area contributed by atoms with Crippen molar-refractivity contribution >= 4 is 34.3 Å². The van der Waals surface area contributed by atoms with Crippen molar-refractivity contribution in [2.45, 2.75) is 12.5 Å². The van der Waals surface area contributed by atoms with Gasteiger partial charge >= 0.3 is 0 Å². The van der Waals surface area contributed by atoms with E-state index in [2.05, 4.69) is 10.4 Å². The number of nitrogens with one attached hydrogen (secondary N) is 1. The Morgan fingerprint density at radius 3 is 2.67 bits per heavy atom. The number of anilines is 1. The average Bonchev–Trinajstić information content (AvgIpc) is 3.20. The summed E-state index contributed by atoms with van der Waals surface area (Å²) in [5, 5.41) is 29.2. The van der Waals surface area contributed by atoms with Crippen molar-refractivity contribution in [3.63, 3.8) is 0 Å². The van der Waals surface area contributed by atoms with Gasteiger partial charge in [0.1, 0.15) is 5.02 Å². The molecule has 3 aromatic rings. The van der Waals surface area contributed by atoms with Crippen molar-refractivity contribution in [3.8, 4) is 5.69 Å². The molecular weight excluding hydrogens is 392 g/mol. The van der Waals surface area contributed by atoms with Gasteiger partial charge in [-0.1, -0.05) is 17.7 Å². The molecule has 1 aromatic carbocycles. The Hall–Kier alpha value is -2.75. The molecule has 1 unspecified atom stereocenters. The van der Waals surface area contributed by atoms with Crippen LogP contribution >= 0.6 is 22.9 Å². The van der Waals surface area contributed by atoms with Crippen LogP contribution in [0.4, 0.5) is 11.4 Å². The fraction of sp³-hybridized carbons (Fsp3) is 0.176. The first-order valence-corrected chi connectivity index (χ1v) is 9.20. The third-order valence-corrected chi connectivity index (χ3v) is 5.21. The van der Waals surface area contributed by atoms with Gasteiger partial charge in [-0.15, -0.1) is 11.3 Å². The Morgan fingerprint density at radius 2 is 2.07 bits per heavy atom. The minimum Gasteiger partial charge on any atom is -0.396 e. The quantitative estimate of drug-likeness (QED) is 0.459. The third kappa shape index (κ3) is 4.16. The Labute approximate surface area is 162 Å². The molecule has 0 aliphatic carbocycles. The summed E-state index contributed by atoms with van der Waals surface area (Å²) in [6.07, 6.45) is 1.87. The molecule has 0 spiro atoms. The number of hydrogen-bond acceptors (Lipinski definition) is 7. The van der Waals surface area contributed by atoms with Gasteiger partial charge in [-0.2, -0.15) is 9.78 Å². The monoisotopic (exact) mass is 406 g/mol. The van der Waals surface area contributed by atoms with Crippen LogP contribution in [0.25, 0.3) is 5.69 Å². The van der Waals surface area contributed by atoms with E-state index in [0.717, 1.165) is 9.56 Å². The maximum Gasteiger partial charge on any atom is 0.292 e. The lowest BCUT2D eigenvalue weighted by Gasteiger charge is -2.18. The van der Waals surface area contributed by atoms with Crippen LogP contribution in [-0.4, -0.2) is 26.4 Å². The topological polar surface area (TPSA) is 110 Å². The van der Waals surface area contributed by atoms with E-state index >= 15 is 0 Å². The molecule has 2 N–H and O–H groups in total. The van der Waals surface area contributed by atoms with Crippen LogP contribution in [0.2, 0.25) is 5.02 Å². The van der Waals surface area contributed by atoms with Crippen LogP contribution in [0.15, 0.2) is 52.8 Å². The van der Waals surface area contributed by atoms with Crippen LogP contribution in [-0.2, 0) is 0 Å². The van der Waals surface area contributed by atoms with E-state index in [1.54, 1.807) is 0 Å². The molecule has 2 heterocycles. The number of aromatic nitrogens is 2. The van der Waals surface area contributed by atoms with E-state index in [4.69, 9.17) is 11.6 Å². The molecule has 140 valence electrons. The lowest BCUT2D eigenvalue weighted by molar-refractivity contribution is -0.384. The highest BCUT2D eigenvalue weighted by Crippen LogP contribution is 2.28. The normalized spacial score (nSPS) is 11.9. The molecule has 27 heavy (non-hydrogen) atoms. The zero-order valence-electron chi connectivity index (χ0n) is 13.9. The van der Waals surface area contributed by atoms with E-state index in [9.17, 15) is 20.0 Å². The van der Waals surface area contributed by atoms with Gasteiger partial charge in [-0.3, -0.25) is 14.9 Å². The maximum absolute atomic E-state index is 12.6. The molecule has 0 aliphatic heterocycles. The summed E-state index contributed by atoms with van der Waals surface area (Å²) in [6, 6.07) is 9.06. The summed E-state index contributed by atoms with van der Waals surface area (Å²) in [5.41, 5.74) is 0.0827. The van der Waals surface area contributed by atoms with Crippen LogP contribution in [0.1, 0.15) is 17.3 Å². The highest BCUT2D eigenvalue weighted by Gasteiger charge is 2.17. The molecular formula is C17H15ClN4O4S. The number of nitro benzene ring substituents is 1. The number of thiophene rings is 1. The van der Waals surface area contributed by atoms with Crippen LogP contribution < -0.4 is 10.9 Å². The summed E-state index contributed by atoms with van der Waals surface area (Å²) in [5.74, 6) is 0. The number of aliphatic hydroxyl groups excluding tert-OH is 1. The highest BCUT2D eigenvalue weighted by atomic mass is 35.5. The molecule has 0 fully saturated rings. The lowest BCUT2D eigenvalue weighted by atomic mass is 10.1. The second-order valence-electron chi connectivity index (χ2n) is 5.59. The molecule has 0 amide bonds. The summed E-state index contributed by atoms with van der Waals surface area (Å²) in [4.78, 5) is 23.8. The van der Waals surface area contributed by atoms with Crippen LogP contribution in [0.3, 0.4) is 0 Å². The number of nitrogens with zero attached hydrogens (tertiary/aromatic N) is 3. The van der Waals surface area contributed by atoms with Gasteiger partial charge in [0.2, 0.25) is 0 Å². The van der Waals surface area contributed by atoms with Crippen molar-refractivity contribution in [1.29, 1.82) is 0 Å². The van der Waals surface area contributed by atoms with Gasteiger partial charge < -0.3 is 10.4 Å². The Kier molecular flexibility index (Phi) is 5.84. The van der Waals surface area contributed by atoms with Gasteiger partial charge in [0, 0.05) is 23.6 Å². The predicted molar refractivity (Wildman–Crippen MR) is 104 cm³/mol. The average molecular weight is 407 g/mol. The van der Waals surface area contributed by atoms with Gasteiger partial charge in [0.25, 0.3) is 11.2 Å². The van der Waals surface area contributed by atoms with E-state index < -0.39 is 10.5 Å². The van der Waals surface area contributed by atoms with Crippen molar-refractivity contribution in [2.24, 2.45) is 0 Å². The van der Waals surface area contributed by atoms with Crippen molar-refractivity contribution in [2.75, 3.05) is 11.9 Å². The van der Waals surface area contributed by atoms with Crippen LogP contribution in [0.5, 0.6) is 0 Å². The fourth-order valence-electron chi connectivity index (χ4n) is 2.52. The van der Waals surface area contributed by atoms with Crippen molar-refractivity contribution < 1.29 is 10.0 Å². The molecule has 3 rings (SSSR count). The molecule has 0 saturated carbocycles. The van der Waals surface area contributed by atoms with Crippen molar-refractivity contribution in [3.05, 3.63) is 78.3 Å². The van der Waals surface area contributed by atoms with E-state index in [1.807, 2.05) is 17.5 Å². The molecule has 0 bridgehead atoms. The summed E-state index contributed by atoms with van der Waals surface area (Å²) in [6.45, 7) is -0.0273. The van der Waals surface area contributed by atoms with Gasteiger partial charge in [-0.25, -0.2) is 0 Å². The number of rotatable bonds is 7. The van der Waals surface area contributed by atoms with E-state index in [0.29, 0.717) is 17.8 Å². The molecule has 8 nitrogen and oxygen atoms in total. The zero-order chi connectivity index (χ0) is 19.4. The zero-order valence-corrected chi connectivity index (χ0v) is 15.5. The minimum absolute atomic E-state index is 0.0273. The number of benzene rings is 1. The van der Waals surface area contributed by atoms with Gasteiger partial charge in [-0.05, 0) is 30.0 Å². The Bertz CT molecular complexity index is 989. The first-order valence-electron chi connectivity index (χ1n) is 7.94. The Morgan fingerprint density at radius 1 is 1.33 bits per heavy atom. The molecule has 0 saturated heterocycles. The molecule has 0 radical (unpaired) electrons. The molecule has 2 aromatic heterocycles. The standard InChI is InChI=1S/C17H15ClN4O4S/c18-16-14(20-13(7-8-23)15-2-1-9-27-15)10-19-21(17(16)24)11-3-5-12(6-4-11)22(25)26/h1-6,9-10,13,20,23H,7-8H2. The number of halogens is 1. The first kappa shape index (κ1) is 19.0. The smallest absolute Gasteiger partial charge is 0.292 e. The van der Waals surface area contributed by atoms with Crippen molar-refractivity contribution in [1.82, 2.24) is 9.78 Å². The molecule has 0 aliphatic rings. The minimum atomic E-state index is -0.551. The second-order valence-corrected chi connectivity index (χ2v) is 6.94. The largest absolute Gasteiger partial charge is 0.396 e. The summed E-state index contributed by atoms with van der Waals surface area (Å²) in [7, 11) is 0. The SMILES string of the molecule is O=c1c(Cl)c(NC(CCO)c2cccs2)cnn1-c1ccc([N+](=O)[O-])cc1. The number of nitro groups is 1. The Balaban J connectivity index is 1.90. The number of aliphatic hydroxyl groups is 1. The number of non-ortho nitro benzene ring substituents is 1. The van der Waals surface area contributed by atoms with Gasteiger partial charge in [0.05, 0.1) is 28.5 Å². The van der Waals surface area contributed by atoms with E-state index in [1.165, 1.54) is 41.8 Å². The fourth-order valence-corrected chi connectivity index (χ4v) is 3.52. The predicted octanol–water partition coefficient (Wildman–Crippen LogP) is 3.39. The summed E-state index contributed by atoms with van der Waals surface area (Å²) >= 11 is 7.76. The lowest BCUT2D eigenvalue weighted by Crippen LogP contribution is -2.23.